The van der Waals surface area contributed by atoms with Crippen molar-refractivity contribution in [2.24, 2.45) is 4.99 Å². The van der Waals surface area contributed by atoms with Crippen LogP contribution in [0.25, 0.3) is 0 Å². The van der Waals surface area contributed by atoms with Crippen LogP contribution in [0.5, 0.6) is 0 Å². The van der Waals surface area contributed by atoms with Gasteiger partial charge in [-0.1, -0.05) is 24.3 Å². The summed E-state index contributed by atoms with van der Waals surface area (Å²) in [6.45, 7) is 3.69. The van der Waals surface area contributed by atoms with Gasteiger partial charge in [-0.2, -0.15) is 0 Å². The quantitative estimate of drug-likeness (QED) is 0.478. The van der Waals surface area contributed by atoms with E-state index in [1.54, 1.807) is 6.20 Å². The molecule has 2 aromatic rings. The third-order valence-electron chi connectivity index (χ3n) is 3.85. The van der Waals surface area contributed by atoms with Gasteiger partial charge in [0.15, 0.2) is 5.96 Å². The molecule has 1 N–H and O–H groups in total. The van der Waals surface area contributed by atoms with Gasteiger partial charge in [0, 0.05) is 45.6 Å². The maximum absolute atomic E-state index is 4.41. The van der Waals surface area contributed by atoms with Gasteiger partial charge in [0.05, 0.1) is 6.33 Å². The predicted molar refractivity (Wildman–Crippen MR) is 99.6 cm³/mol. The SMILES string of the molecule is CN=C(NCCn1ccnc1)N1CCc2ccccc2C1.I. The monoisotopic (exact) mass is 411 g/mol. The molecule has 0 bridgehead atoms. The first-order valence-corrected chi connectivity index (χ1v) is 7.35. The van der Waals surface area contributed by atoms with E-state index in [9.17, 15) is 0 Å². The van der Waals surface area contributed by atoms with Crippen molar-refractivity contribution in [3.63, 3.8) is 0 Å². The van der Waals surface area contributed by atoms with E-state index in [-0.39, 0.29) is 24.0 Å². The first kappa shape index (κ1) is 16.8. The number of rotatable bonds is 3. The predicted octanol–water partition coefficient (Wildman–Crippen LogP) is 2.13. The number of hydrogen-bond donors (Lipinski definition) is 1. The molecule has 2 heterocycles. The Kier molecular flexibility index (Phi) is 6.23. The highest BCUT2D eigenvalue weighted by Gasteiger charge is 2.18. The van der Waals surface area contributed by atoms with Crippen molar-refractivity contribution in [1.29, 1.82) is 0 Å². The van der Waals surface area contributed by atoms with Gasteiger partial charge in [-0.05, 0) is 17.5 Å². The number of hydrogen-bond acceptors (Lipinski definition) is 2. The Labute approximate surface area is 148 Å². The van der Waals surface area contributed by atoms with Crippen LogP contribution in [-0.4, -0.2) is 40.5 Å². The summed E-state index contributed by atoms with van der Waals surface area (Å²) >= 11 is 0. The van der Waals surface area contributed by atoms with Gasteiger partial charge in [0.25, 0.3) is 0 Å². The largest absolute Gasteiger partial charge is 0.354 e. The van der Waals surface area contributed by atoms with E-state index in [4.69, 9.17) is 0 Å². The van der Waals surface area contributed by atoms with Crippen LogP contribution in [0, 0.1) is 0 Å². The zero-order chi connectivity index (χ0) is 14.5. The number of imidazole rings is 1. The van der Waals surface area contributed by atoms with Gasteiger partial charge in [0.2, 0.25) is 0 Å². The zero-order valence-corrected chi connectivity index (χ0v) is 15.1. The first-order valence-electron chi connectivity index (χ1n) is 7.35. The Morgan fingerprint density at radius 2 is 2.14 bits per heavy atom. The molecule has 0 aliphatic carbocycles. The van der Waals surface area contributed by atoms with E-state index in [0.717, 1.165) is 38.6 Å². The average Bonchev–Trinajstić information content (AvgIpc) is 3.04. The fraction of sp³-hybridized carbons (Fsp3) is 0.375. The van der Waals surface area contributed by atoms with E-state index in [2.05, 4.69) is 49.0 Å². The molecule has 22 heavy (non-hydrogen) atoms. The lowest BCUT2D eigenvalue weighted by atomic mass is 10.0. The molecule has 1 aliphatic heterocycles. The second-order valence-electron chi connectivity index (χ2n) is 5.21. The molecule has 3 rings (SSSR count). The first-order chi connectivity index (χ1) is 10.4. The molecule has 1 aliphatic rings. The van der Waals surface area contributed by atoms with Crippen molar-refractivity contribution in [3.05, 3.63) is 54.1 Å². The maximum atomic E-state index is 4.41. The highest BCUT2D eigenvalue weighted by atomic mass is 127. The third-order valence-corrected chi connectivity index (χ3v) is 3.85. The summed E-state index contributed by atoms with van der Waals surface area (Å²) in [4.78, 5) is 10.8. The molecule has 1 aromatic heterocycles. The standard InChI is InChI=1S/C16H21N5.HI/c1-17-16(19-8-11-20-10-7-18-13-20)21-9-6-14-4-2-3-5-15(14)12-21;/h2-5,7,10,13H,6,8-9,11-12H2,1H3,(H,17,19);1H. The molecule has 0 atom stereocenters. The minimum absolute atomic E-state index is 0. The summed E-state index contributed by atoms with van der Waals surface area (Å²) in [5.41, 5.74) is 2.86. The highest BCUT2D eigenvalue weighted by Crippen LogP contribution is 2.18. The van der Waals surface area contributed by atoms with Crippen molar-refractivity contribution in [2.45, 2.75) is 19.5 Å². The number of aliphatic imine (C=N–C) groups is 1. The normalized spacial score (nSPS) is 14.2. The number of benzene rings is 1. The fourth-order valence-corrected chi connectivity index (χ4v) is 2.72. The molecule has 0 saturated carbocycles. The average molecular weight is 411 g/mol. The van der Waals surface area contributed by atoms with Crippen molar-refractivity contribution in [2.75, 3.05) is 20.1 Å². The lowest BCUT2D eigenvalue weighted by Gasteiger charge is -2.31. The van der Waals surface area contributed by atoms with Crippen LogP contribution in [-0.2, 0) is 19.5 Å². The summed E-state index contributed by atoms with van der Waals surface area (Å²) in [5, 5.41) is 3.44. The minimum atomic E-state index is 0. The van der Waals surface area contributed by atoms with Crippen molar-refractivity contribution in [3.8, 4) is 0 Å². The zero-order valence-electron chi connectivity index (χ0n) is 12.8. The second kappa shape index (κ2) is 8.17. The van der Waals surface area contributed by atoms with Crippen LogP contribution in [0.4, 0.5) is 0 Å². The number of nitrogens with zero attached hydrogens (tertiary/aromatic N) is 4. The Morgan fingerprint density at radius 1 is 1.32 bits per heavy atom. The van der Waals surface area contributed by atoms with Crippen LogP contribution < -0.4 is 5.32 Å². The number of guanidine groups is 1. The van der Waals surface area contributed by atoms with E-state index < -0.39 is 0 Å². The van der Waals surface area contributed by atoms with Crippen molar-refractivity contribution in [1.82, 2.24) is 19.8 Å². The number of aromatic nitrogens is 2. The summed E-state index contributed by atoms with van der Waals surface area (Å²) < 4.78 is 2.06. The summed E-state index contributed by atoms with van der Waals surface area (Å²) in [7, 11) is 1.85. The number of halogens is 1. The second-order valence-corrected chi connectivity index (χ2v) is 5.21. The van der Waals surface area contributed by atoms with Gasteiger partial charge in [-0.3, -0.25) is 4.99 Å². The van der Waals surface area contributed by atoms with Crippen LogP contribution in [0.3, 0.4) is 0 Å². The Morgan fingerprint density at radius 3 is 2.86 bits per heavy atom. The van der Waals surface area contributed by atoms with Crippen LogP contribution in [0.1, 0.15) is 11.1 Å². The molecule has 6 heteroatoms. The molecule has 0 spiro atoms. The van der Waals surface area contributed by atoms with Gasteiger partial charge in [-0.15, -0.1) is 24.0 Å². The van der Waals surface area contributed by atoms with Crippen LogP contribution >= 0.6 is 24.0 Å². The Hall–Kier alpha value is -1.57. The molecule has 118 valence electrons. The number of nitrogens with one attached hydrogen (secondary N) is 1. The molecule has 1 aromatic carbocycles. The third kappa shape index (κ3) is 4.00. The molecular weight excluding hydrogens is 389 g/mol. The highest BCUT2D eigenvalue weighted by molar-refractivity contribution is 14.0. The topological polar surface area (TPSA) is 45.5 Å². The van der Waals surface area contributed by atoms with Crippen LogP contribution in [0.2, 0.25) is 0 Å². The van der Waals surface area contributed by atoms with Gasteiger partial charge < -0.3 is 14.8 Å². The smallest absolute Gasteiger partial charge is 0.194 e. The molecule has 0 amide bonds. The maximum Gasteiger partial charge on any atom is 0.194 e. The molecular formula is C16H22IN5. The fourth-order valence-electron chi connectivity index (χ4n) is 2.72. The summed E-state index contributed by atoms with van der Waals surface area (Å²) in [6, 6.07) is 8.66. The van der Waals surface area contributed by atoms with Gasteiger partial charge >= 0.3 is 0 Å². The van der Waals surface area contributed by atoms with Gasteiger partial charge in [-0.25, -0.2) is 4.98 Å². The van der Waals surface area contributed by atoms with E-state index in [1.807, 2.05) is 19.6 Å². The Bertz CT molecular complexity index is 609. The Balaban J connectivity index is 0.00000176. The molecule has 0 radical (unpaired) electrons. The summed E-state index contributed by atoms with van der Waals surface area (Å²) in [5.74, 6) is 0.976. The van der Waals surface area contributed by atoms with E-state index in [0.29, 0.717) is 0 Å². The molecule has 0 fully saturated rings. The van der Waals surface area contributed by atoms with E-state index in [1.165, 1.54) is 11.1 Å². The lowest BCUT2D eigenvalue weighted by Crippen LogP contribution is -2.44. The van der Waals surface area contributed by atoms with Crippen molar-refractivity contribution >= 4 is 29.9 Å². The minimum Gasteiger partial charge on any atom is -0.354 e. The van der Waals surface area contributed by atoms with E-state index >= 15 is 0 Å². The summed E-state index contributed by atoms with van der Waals surface area (Å²) in [6.07, 6.45) is 6.69. The lowest BCUT2D eigenvalue weighted by molar-refractivity contribution is 0.377. The van der Waals surface area contributed by atoms with Crippen LogP contribution in [0.15, 0.2) is 48.0 Å². The molecule has 0 saturated heterocycles. The molecule has 5 nitrogen and oxygen atoms in total. The molecule has 0 unspecified atom stereocenters. The van der Waals surface area contributed by atoms with Crippen molar-refractivity contribution < 1.29 is 0 Å². The van der Waals surface area contributed by atoms with Gasteiger partial charge in [0.1, 0.15) is 0 Å². The number of fused-ring (bicyclic) bond motifs is 1.